The Hall–Kier alpha value is -0.910. The van der Waals surface area contributed by atoms with Crippen LogP contribution >= 0.6 is 0 Å². The van der Waals surface area contributed by atoms with Crippen LogP contribution in [-0.2, 0) is 4.74 Å². The van der Waals surface area contributed by atoms with Crippen LogP contribution in [0.2, 0.25) is 0 Å². The molecule has 0 aromatic heterocycles. The fraction of sp³-hybridized carbons (Fsp3) is 0.875. The van der Waals surface area contributed by atoms with Gasteiger partial charge in [-0.1, -0.05) is 0 Å². The van der Waals surface area contributed by atoms with Gasteiger partial charge in [0.25, 0.3) is 6.43 Å². The Morgan fingerprint density at radius 3 is 2.43 bits per heavy atom. The van der Waals surface area contributed by atoms with E-state index in [4.69, 9.17) is 9.84 Å². The van der Waals surface area contributed by atoms with Crippen LogP contribution in [0.1, 0.15) is 13.8 Å². The number of hydrogen-bond donors (Lipinski definition) is 1. The van der Waals surface area contributed by atoms with Crippen molar-refractivity contribution in [3.63, 3.8) is 0 Å². The molecule has 0 atom stereocenters. The zero-order valence-electron chi connectivity index (χ0n) is 8.24. The highest BCUT2D eigenvalue weighted by Gasteiger charge is 2.19. The van der Waals surface area contributed by atoms with Gasteiger partial charge in [0.1, 0.15) is 0 Å². The van der Waals surface area contributed by atoms with Crippen LogP contribution in [0.5, 0.6) is 0 Å². The molecule has 0 bridgehead atoms. The third-order valence-corrected chi connectivity index (χ3v) is 1.32. The second-order valence-corrected chi connectivity index (χ2v) is 2.99. The minimum absolute atomic E-state index is 0.143. The highest BCUT2D eigenvalue weighted by atomic mass is 19.3. The van der Waals surface area contributed by atoms with Crippen molar-refractivity contribution >= 4 is 6.09 Å². The zero-order chi connectivity index (χ0) is 11.1. The number of aliphatic hydroxyl groups is 1. The van der Waals surface area contributed by atoms with Gasteiger partial charge in [0.15, 0.2) is 0 Å². The van der Waals surface area contributed by atoms with Crippen molar-refractivity contribution in [1.29, 1.82) is 0 Å². The molecule has 0 fully saturated rings. The number of ether oxygens (including phenoxy) is 1. The summed E-state index contributed by atoms with van der Waals surface area (Å²) >= 11 is 0. The van der Waals surface area contributed by atoms with Crippen LogP contribution in [0.4, 0.5) is 13.6 Å². The molecular weight excluding hydrogens is 196 g/mol. The summed E-state index contributed by atoms with van der Waals surface area (Å²) in [4.78, 5) is 11.9. The average molecular weight is 211 g/mol. The van der Waals surface area contributed by atoms with Crippen molar-refractivity contribution in [3.8, 4) is 0 Å². The Kier molecular flexibility index (Phi) is 6.11. The van der Waals surface area contributed by atoms with Crippen molar-refractivity contribution in [1.82, 2.24) is 4.90 Å². The molecule has 4 nitrogen and oxygen atoms in total. The minimum Gasteiger partial charge on any atom is -0.447 e. The van der Waals surface area contributed by atoms with Gasteiger partial charge < -0.3 is 14.7 Å². The number of nitrogens with zero attached hydrogens (tertiary/aromatic N) is 1. The number of carbonyl (C=O) groups excluding carboxylic acids is 1. The van der Waals surface area contributed by atoms with Crippen LogP contribution in [0.3, 0.4) is 0 Å². The molecule has 0 aliphatic carbocycles. The molecule has 0 saturated carbocycles. The topological polar surface area (TPSA) is 49.8 Å². The van der Waals surface area contributed by atoms with Gasteiger partial charge in [-0.05, 0) is 13.8 Å². The van der Waals surface area contributed by atoms with E-state index in [0.717, 1.165) is 4.90 Å². The van der Waals surface area contributed by atoms with Gasteiger partial charge >= 0.3 is 6.09 Å². The predicted molar refractivity (Wildman–Crippen MR) is 46.3 cm³/mol. The van der Waals surface area contributed by atoms with E-state index in [0.29, 0.717) is 0 Å². The smallest absolute Gasteiger partial charge is 0.410 e. The third-order valence-electron chi connectivity index (χ3n) is 1.32. The lowest BCUT2D eigenvalue weighted by Gasteiger charge is -2.21. The van der Waals surface area contributed by atoms with Gasteiger partial charge in [0.05, 0.1) is 19.3 Å². The average Bonchev–Trinajstić information content (AvgIpc) is 2.01. The maximum absolute atomic E-state index is 12.0. The van der Waals surface area contributed by atoms with Gasteiger partial charge in [0, 0.05) is 6.54 Å². The Labute approximate surface area is 81.5 Å². The molecule has 84 valence electrons. The summed E-state index contributed by atoms with van der Waals surface area (Å²) < 4.78 is 28.7. The molecule has 0 spiro atoms. The summed E-state index contributed by atoms with van der Waals surface area (Å²) in [6.45, 7) is 2.02. The summed E-state index contributed by atoms with van der Waals surface area (Å²) in [6.07, 6.45) is -3.81. The quantitative estimate of drug-likeness (QED) is 0.740. The fourth-order valence-corrected chi connectivity index (χ4v) is 0.821. The molecule has 0 aromatic rings. The number of aliphatic hydroxyl groups excluding tert-OH is 1. The van der Waals surface area contributed by atoms with Crippen LogP contribution < -0.4 is 0 Å². The normalized spacial score (nSPS) is 10.8. The van der Waals surface area contributed by atoms with Gasteiger partial charge in [-0.3, -0.25) is 0 Å². The van der Waals surface area contributed by atoms with E-state index < -0.39 is 19.1 Å². The van der Waals surface area contributed by atoms with Crippen molar-refractivity contribution in [3.05, 3.63) is 0 Å². The molecule has 0 aliphatic heterocycles. The molecule has 14 heavy (non-hydrogen) atoms. The highest BCUT2D eigenvalue weighted by molar-refractivity contribution is 5.67. The number of amides is 1. The molecule has 0 aliphatic rings. The number of alkyl halides is 2. The Morgan fingerprint density at radius 1 is 1.50 bits per heavy atom. The fourth-order valence-electron chi connectivity index (χ4n) is 0.821. The van der Waals surface area contributed by atoms with Crippen molar-refractivity contribution in [2.75, 3.05) is 19.7 Å². The van der Waals surface area contributed by atoms with E-state index in [9.17, 15) is 13.6 Å². The summed E-state index contributed by atoms with van der Waals surface area (Å²) in [5.74, 6) is 0. The SMILES string of the molecule is CC(C)OC(=O)N(CCO)CC(F)F. The standard InChI is InChI=1S/C8H15F2NO3/c1-6(2)14-8(13)11(3-4-12)5-7(9)10/h6-7,12H,3-5H2,1-2H3. The summed E-state index contributed by atoms with van der Waals surface area (Å²) in [6, 6.07) is 0. The van der Waals surface area contributed by atoms with Crippen LogP contribution in [0.15, 0.2) is 0 Å². The van der Waals surface area contributed by atoms with Crippen molar-refractivity contribution < 1.29 is 23.4 Å². The third kappa shape index (κ3) is 5.69. The molecule has 0 rings (SSSR count). The minimum atomic E-state index is -2.62. The van der Waals surface area contributed by atoms with Crippen LogP contribution in [0.25, 0.3) is 0 Å². The first-order chi connectivity index (χ1) is 6.47. The van der Waals surface area contributed by atoms with Crippen molar-refractivity contribution in [2.45, 2.75) is 26.4 Å². The monoisotopic (exact) mass is 211 g/mol. The van der Waals surface area contributed by atoms with Crippen molar-refractivity contribution in [2.24, 2.45) is 0 Å². The van der Waals surface area contributed by atoms with Gasteiger partial charge in [-0.25, -0.2) is 13.6 Å². The first-order valence-corrected chi connectivity index (χ1v) is 4.32. The maximum Gasteiger partial charge on any atom is 0.410 e. The number of rotatable bonds is 5. The lowest BCUT2D eigenvalue weighted by Crippen LogP contribution is -2.38. The Bertz CT molecular complexity index is 176. The van der Waals surface area contributed by atoms with E-state index in [1.807, 2.05) is 0 Å². The Balaban J connectivity index is 4.10. The second kappa shape index (κ2) is 6.53. The summed E-state index contributed by atoms with van der Waals surface area (Å²) in [5, 5.41) is 8.54. The molecule has 1 amide bonds. The number of hydrogen-bond acceptors (Lipinski definition) is 3. The first kappa shape index (κ1) is 13.1. The molecule has 0 saturated heterocycles. The van der Waals surface area contributed by atoms with Crippen LogP contribution in [0, 0.1) is 0 Å². The van der Waals surface area contributed by atoms with E-state index in [2.05, 4.69) is 0 Å². The van der Waals surface area contributed by atoms with E-state index in [1.165, 1.54) is 0 Å². The van der Waals surface area contributed by atoms with Gasteiger partial charge in [-0.15, -0.1) is 0 Å². The molecule has 0 unspecified atom stereocenters. The predicted octanol–water partition coefficient (Wildman–Crippen LogP) is 1.09. The lowest BCUT2D eigenvalue weighted by atomic mass is 10.5. The lowest BCUT2D eigenvalue weighted by molar-refractivity contribution is 0.0409. The maximum atomic E-state index is 12.0. The molecule has 0 heterocycles. The zero-order valence-corrected chi connectivity index (χ0v) is 8.24. The second-order valence-electron chi connectivity index (χ2n) is 2.99. The largest absolute Gasteiger partial charge is 0.447 e. The van der Waals surface area contributed by atoms with E-state index >= 15 is 0 Å². The molecule has 0 radical (unpaired) electrons. The highest BCUT2D eigenvalue weighted by Crippen LogP contribution is 2.02. The van der Waals surface area contributed by atoms with E-state index in [-0.39, 0.29) is 19.3 Å². The molecule has 6 heteroatoms. The van der Waals surface area contributed by atoms with Gasteiger partial charge in [-0.2, -0.15) is 0 Å². The first-order valence-electron chi connectivity index (χ1n) is 4.32. The molecular formula is C8H15F2NO3. The number of halogens is 2. The van der Waals surface area contributed by atoms with E-state index in [1.54, 1.807) is 13.8 Å². The number of carbonyl (C=O) groups is 1. The molecule has 1 N–H and O–H groups in total. The van der Waals surface area contributed by atoms with Crippen LogP contribution in [-0.4, -0.2) is 48.3 Å². The molecule has 0 aromatic carbocycles. The summed E-state index contributed by atoms with van der Waals surface area (Å²) in [7, 11) is 0. The van der Waals surface area contributed by atoms with Gasteiger partial charge in [0.2, 0.25) is 0 Å². The Morgan fingerprint density at radius 2 is 2.07 bits per heavy atom. The summed E-state index contributed by atoms with van der Waals surface area (Å²) in [5.41, 5.74) is 0.